The van der Waals surface area contributed by atoms with Crippen molar-refractivity contribution in [3.05, 3.63) is 0 Å². The van der Waals surface area contributed by atoms with Crippen molar-refractivity contribution in [1.82, 2.24) is 5.32 Å². The molecule has 0 aromatic rings. The smallest absolute Gasteiger partial charge is 0.00748 e. The average molecular weight is 215 g/mol. The molecular weight excluding hydrogens is 190 g/mol. The molecule has 0 saturated heterocycles. The van der Waals surface area contributed by atoms with Crippen molar-refractivity contribution < 1.29 is 0 Å². The zero-order chi connectivity index (χ0) is 10.6. The fraction of sp³-hybridized carbons (Fsp3) is 1.00. The molecule has 14 heavy (non-hydrogen) atoms. The van der Waals surface area contributed by atoms with Crippen molar-refractivity contribution >= 4 is 11.8 Å². The maximum absolute atomic E-state index is 3.76. The van der Waals surface area contributed by atoms with Crippen LogP contribution in [0.1, 0.15) is 46.5 Å². The van der Waals surface area contributed by atoms with Gasteiger partial charge in [-0.1, -0.05) is 13.8 Å². The van der Waals surface area contributed by atoms with Gasteiger partial charge in [0.1, 0.15) is 0 Å². The Kier molecular flexibility index (Phi) is 4.78. The van der Waals surface area contributed by atoms with Gasteiger partial charge in [0.15, 0.2) is 0 Å². The van der Waals surface area contributed by atoms with E-state index in [0.29, 0.717) is 11.5 Å². The van der Waals surface area contributed by atoms with Gasteiger partial charge in [-0.15, -0.1) is 0 Å². The molecule has 1 fully saturated rings. The van der Waals surface area contributed by atoms with Crippen LogP contribution >= 0.6 is 11.8 Å². The lowest BCUT2D eigenvalue weighted by molar-refractivity contribution is 0.354. The van der Waals surface area contributed by atoms with Gasteiger partial charge in [0.25, 0.3) is 0 Å². The SMILES string of the molecule is CSCCC(C)NC1CCC(C)(C)C1. The first-order valence-electron chi connectivity index (χ1n) is 5.78. The lowest BCUT2D eigenvalue weighted by Crippen LogP contribution is -2.35. The van der Waals surface area contributed by atoms with Gasteiger partial charge < -0.3 is 5.32 Å². The van der Waals surface area contributed by atoms with Crippen LogP contribution in [0.3, 0.4) is 0 Å². The highest BCUT2D eigenvalue weighted by atomic mass is 32.2. The van der Waals surface area contributed by atoms with Gasteiger partial charge >= 0.3 is 0 Å². The number of hydrogen-bond acceptors (Lipinski definition) is 2. The summed E-state index contributed by atoms with van der Waals surface area (Å²) < 4.78 is 0. The van der Waals surface area contributed by atoms with Crippen LogP contribution in [-0.2, 0) is 0 Å². The Morgan fingerprint density at radius 3 is 2.71 bits per heavy atom. The lowest BCUT2D eigenvalue weighted by atomic mass is 9.92. The summed E-state index contributed by atoms with van der Waals surface area (Å²) in [5.41, 5.74) is 0.580. The molecule has 2 unspecified atom stereocenters. The molecule has 0 spiro atoms. The highest BCUT2D eigenvalue weighted by molar-refractivity contribution is 7.98. The van der Waals surface area contributed by atoms with Crippen LogP contribution in [0, 0.1) is 5.41 Å². The zero-order valence-corrected chi connectivity index (χ0v) is 10.9. The largest absolute Gasteiger partial charge is 0.311 e. The maximum Gasteiger partial charge on any atom is 0.00748 e. The quantitative estimate of drug-likeness (QED) is 0.755. The molecule has 1 nitrogen and oxygen atoms in total. The Morgan fingerprint density at radius 1 is 1.50 bits per heavy atom. The number of rotatable bonds is 5. The molecule has 0 heterocycles. The van der Waals surface area contributed by atoms with E-state index in [-0.39, 0.29) is 0 Å². The molecule has 0 aromatic carbocycles. The third-order valence-corrected chi connectivity index (χ3v) is 3.89. The summed E-state index contributed by atoms with van der Waals surface area (Å²) in [5, 5.41) is 3.76. The van der Waals surface area contributed by atoms with Crippen LogP contribution in [0.5, 0.6) is 0 Å². The normalized spacial score (nSPS) is 27.9. The Hall–Kier alpha value is 0.310. The van der Waals surface area contributed by atoms with Crippen LogP contribution in [0.2, 0.25) is 0 Å². The minimum absolute atomic E-state index is 0.580. The summed E-state index contributed by atoms with van der Waals surface area (Å²) in [6.45, 7) is 7.10. The van der Waals surface area contributed by atoms with Gasteiger partial charge in [-0.05, 0) is 50.0 Å². The highest BCUT2D eigenvalue weighted by Crippen LogP contribution is 2.37. The molecule has 0 radical (unpaired) electrons. The van der Waals surface area contributed by atoms with Crippen LogP contribution in [0.25, 0.3) is 0 Å². The number of thioether (sulfide) groups is 1. The van der Waals surface area contributed by atoms with Gasteiger partial charge in [0.05, 0.1) is 0 Å². The predicted octanol–water partition coefficient (Wildman–Crippen LogP) is 3.30. The van der Waals surface area contributed by atoms with Crippen molar-refractivity contribution in [3.8, 4) is 0 Å². The monoisotopic (exact) mass is 215 g/mol. The van der Waals surface area contributed by atoms with E-state index >= 15 is 0 Å². The van der Waals surface area contributed by atoms with E-state index in [2.05, 4.69) is 32.3 Å². The summed E-state index contributed by atoms with van der Waals surface area (Å²) >= 11 is 1.95. The second-order valence-electron chi connectivity index (χ2n) is 5.45. The zero-order valence-electron chi connectivity index (χ0n) is 10.1. The minimum atomic E-state index is 0.580. The molecule has 1 rings (SSSR count). The molecular formula is C12H25NS. The van der Waals surface area contributed by atoms with Crippen LogP contribution < -0.4 is 5.32 Å². The Labute approximate surface area is 93.4 Å². The molecule has 1 aliphatic rings. The van der Waals surface area contributed by atoms with Gasteiger partial charge in [-0.25, -0.2) is 0 Å². The van der Waals surface area contributed by atoms with Gasteiger partial charge in [-0.3, -0.25) is 0 Å². The Bertz CT molecular complexity index is 168. The Morgan fingerprint density at radius 2 is 2.21 bits per heavy atom. The predicted molar refractivity (Wildman–Crippen MR) is 67.0 cm³/mol. The van der Waals surface area contributed by atoms with E-state index in [0.717, 1.165) is 6.04 Å². The van der Waals surface area contributed by atoms with Gasteiger partial charge in [0.2, 0.25) is 0 Å². The average Bonchev–Trinajstić information content (AvgIpc) is 2.42. The van der Waals surface area contributed by atoms with Crippen molar-refractivity contribution in [3.63, 3.8) is 0 Å². The summed E-state index contributed by atoms with van der Waals surface area (Å²) in [6, 6.07) is 1.48. The summed E-state index contributed by atoms with van der Waals surface area (Å²) in [7, 11) is 0. The molecule has 2 heteroatoms. The van der Waals surface area contributed by atoms with E-state index in [4.69, 9.17) is 0 Å². The van der Waals surface area contributed by atoms with E-state index < -0.39 is 0 Å². The number of hydrogen-bond donors (Lipinski definition) is 1. The van der Waals surface area contributed by atoms with Gasteiger partial charge in [-0.2, -0.15) is 11.8 Å². The third-order valence-electron chi connectivity index (χ3n) is 3.24. The second-order valence-corrected chi connectivity index (χ2v) is 6.44. The lowest BCUT2D eigenvalue weighted by Gasteiger charge is -2.21. The summed E-state index contributed by atoms with van der Waals surface area (Å²) in [5.74, 6) is 1.28. The summed E-state index contributed by atoms with van der Waals surface area (Å²) in [6.07, 6.45) is 7.61. The fourth-order valence-corrected chi connectivity index (χ4v) is 2.95. The van der Waals surface area contributed by atoms with Crippen molar-refractivity contribution in [1.29, 1.82) is 0 Å². The Balaban J connectivity index is 2.18. The van der Waals surface area contributed by atoms with Crippen LogP contribution in [0.15, 0.2) is 0 Å². The molecule has 0 aliphatic heterocycles. The molecule has 84 valence electrons. The molecule has 1 aliphatic carbocycles. The molecule has 0 aromatic heterocycles. The maximum atomic E-state index is 3.76. The van der Waals surface area contributed by atoms with Gasteiger partial charge in [0, 0.05) is 12.1 Å². The van der Waals surface area contributed by atoms with E-state index in [9.17, 15) is 0 Å². The topological polar surface area (TPSA) is 12.0 Å². The van der Waals surface area contributed by atoms with Crippen LogP contribution in [0.4, 0.5) is 0 Å². The highest BCUT2D eigenvalue weighted by Gasteiger charge is 2.30. The van der Waals surface area contributed by atoms with Crippen molar-refractivity contribution in [2.45, 2.75) is 58.5 Å². The van der Waals surface area contributed by atoms with E-state index in [1.54, 1.807) is 0 Å². The van der Waals surface area contributed by atoms with Crippen LogP contribution in [-0.4, -0.2) is 24.1 Å². The molecule has 1 N–H and O–H groups in total. The summed E-state index contributed by atoms with van der Waals surface area (Å²) in [4.78, 5) is 0. The van der Waals surface area contributed by atoms with E-state index in [1.165, 1.54) is 31.4 Å². The molecule has 0 amide bonds. The first-order valence-corrected chi connectivity index (χ1v) is 7.18. The molecule has 0 bridgehead atoms. The minimum Gasteiger partial charge on any atom is -0.311 e. The first-order chi connectivity index (χ1) is 6.53. The van der Waals surface area contributed by atoms with E-state index in [1.807, 2.05) is 11.8 Å². The first kappa shape index (κ1) is 12.4. The number of nitrogens with one attached hydrogen (secondary N) is 1. The van der Waals surface area contributed by atoms with Crippen molar-refractivity contribution in [2.75, 3.05) is 12.0 Å². The second kappa shape index (κ2) is 5.41. The molecule has 1 saturated carbocycles. The molecule has 2 atom stereocenters. The fourth-order valence-electron chi connectivity index (χ4n) is 2.36. The van der Waals surface area contributed by atoms with Crippen molar-refractivity contribution in [2.24, 2.45) is 5.41 Å². The third kappa shape index (κ3) is 4.22. The standard InChI is InChI=1S/C12H25NS/c1-10(6-8-14-4)13-11-5-7-12(2,3)9-11/h10-11,13H,5-9H2,1-4H3.